The summed E-state index contributed by atoms with van der Waals surface area (Å²) in [5.74, 6) is 0.599. The Morgan fingerprint density at radius 1 is 1.14 bits per heavy atom. The monoisotopic (exact) mass is 300 g/mol. The van der Waals surface area contributed by atoms with E-state index in [1.165, 1.54) is 0 Å². The largest absolute Gasteiger partial charge is 0.497 e. The van der Waals surface area contributed by atoms with Crippen LogP contribution in [0.4, 0.5) is 5.69 Å². The number of methoxy groups -OCH3 is 1. The lowest BCUT2D eigenvalue weighted by Crippen LogP contribution is -2.26. The number of nitrogens with zero attached hydrogens (tertiary/aromatic N) is 1. The molecule has 0 heterocycles. The summed E-state index contributed by atoms with van der Waals surface area (Å²) in [4.78, 5) is 14.3. The van der Waals surface area contributed by atoms with Gasteiger partial charge in [0.15, 0.2) is 0 Å². The Balaban J connectivity index is 2.25. The molecule has 0 aliphatic heterocycles. The minimum atomic E-state index is -0.113. The SMILES string of the molecule is COc1ccc(C(=O)N(C)c2cccc(C(N)=S)c2)cc1. The van der Waals surface area contributed by atoms with Gasteiger partial charge in [0.2, 0.25) is 0 Å². The first-order valence-corrected chi connectivity index (χ1v) is 6.75. The van der Waals surface area contributed by atoms with E-state index in [0.29, 0.717) is 16.3 Å². The molecule has 0 saturated heterocycles. The van der Waals surface area contributed by atoms with Gasteiger partial charge in [0.25, 0.3) is 5.91 Å². The zero-order valence-corrected chi connectivity index (χ0v) is 12.7. The number of carbonyl (C=O) groups is 1. The molecule has 2 aromatic carbocycles. The topological polar surface area (TPSA) is 55.6 Å². The van der Waals surface area contributed by atoms with Crippen molar-refractivity contribution >= 4 is 28.8 Å². The van der Waals surface area contributed by atoms with Crippen molar-refractivity contribution in [1.29, 1.82) is 0 Å². The van der Waals surface area contributed by atoms with Gasteiger partial charge >= 0.3 is 0 Å². The van der Waals surface area contributed by atoms with Crippen LogP contribution in [0.3, 0.4) is 0 Å². The van der Waals surface area contributed by atoms with Gasteiger partial charge in [-0.05, 0) is 36.4 Å². The zero-order chi connectivity index (χ0) is 15.4. The van der Waals surface area contributed by atoms with E-state index in [9.17, 15) is 4.79 Å². The average molecular weight is 300 g/mol. The molecular weight excluding hydrogens is 284 g/mol. The minimum absolute atomic E-state index is 0.113. The van der Waals surface area contributed by atoms with Crippen LogP contribution in [-0.4, -0.2) is 25.1 Å². The zero-order valence-electron chi connectivity index (χ0n) is 11.9. The number of rotatable bonds is 4. The summed E-state index contributed by atoms with van der Waals surface area (Å²) < 4.78 is 5.08. The van der Waals surface area contributed by atoms with E-state index in [-0.39, 0.29) is 5.91 Å². The third-order valence-corrected chi connectivity index (χ3v) is 3.40. The van der Waals surface area contributed by atoms with Crippen molar-refractivity contribution in [3.63, 3.8) is 0 Å². The van der Waals surface area contributed by atoms with E-state index in [4.69, 9.17) is 22.7 Å². The summed E-state index contributed by atoms with van der Waals surface area (Å²) in [6, 6.07) is 14.2. The van der Waals surface area contributed by atoms with Crippen molar-refractivity contribution in [1.82, 2.24) is 0 Å². The van der Waals surface area contributed by atoms with Crippen LogP contribution in [0.15, 0.2) is 48.5 Å². The molecule has 0 saturated carbocycles. The number of benzene rings is 2. The van der Waals surface area contributed by atoms with Crippen molar-refractivity contribution in [2.45, 2.75) is 0 Å². The van der Waals surface area contributed by atoms with Crippen molar-refractivity contribution < 1.29 is 9.53 Å². The molecule has 2 rings (SSSR count). The molecule has 0 atom stereocenters. The van der Waals surface area contributed by atoms with Crippen molar-refractivity contribution in [3.05, 3.63) is 59.7 Å². The summed E-state index contributed by atoms with van der Waals surface area (Å²) in [6.45, 7) is 0. The predicted molar refractivity (Wildman–Crippen MR) is 88.1 cm³/mol. The number of ether oxygens (including phenoxy) is 1. The molecule has 108 valence electrons. The second-order valence-electron chi connectivity index (χ2n) is 4.51. The van der Waals surface area contributed by atoms with Crippen LogP contribution in [0.1, 0.15) is 15.9 Å². The first kappa shape index (κ1) is 15.0. The number of anilines is 1. The molecule has 0 bridgehead atoms. The fraction of sp³-hybridized carbons (Fsp3) is 0.125. The number of amides is 1. The maximum absolute atomic E-state index is 12.4. The van der Waals surface area contributed by atoms with Crippen LogP contribution >= 0.6 is 12.2 Å². The van der Waals surface area contributed by atoms with E-state index in [0.717, 1.165) is 11.3 Å². The lowest BCUT2D eigenvalue weighted by molar-refractivity contribution is 0.0993. The van der Waals surface area contributed by atoms with Crippen molar-refractivity contribution in [3.8, 4) is 5.75 Å². The normalized spacial score (nSPS) is 10.0. The van der Waals surface area contributed by atoms with Gasteiger partial charge in [0.1, 0.15) is 10.7 Å². The molecule has 2 N–H and O–H groups in total. The van der Waals surface area contributed by atoms with E-state index >= 15 is 0 Å². The Kier molecular flexibility index (Phi) is 4.55. The fourth-order valence-electron chi connectivity index (χ4n) is 1.91. The number of thiocarbonyl (C=S) groups is 1. The van der Waals surface area contributed by atoms with Crippen molar-refractivity contribution in [2.75, 3.05) is 19.1 Å². The van der Waals surface area contributed by atoms with Gasteiger partial charge in [-0.25, -0.2) is 0 Å². The molecule has 0 fully saturated rings. The minimum Gasteiger partial charge on any atom is -0.497 e. The lowest BCUT2D eigenvalue weighted by Gasteiger charge is -2.18. The smallest absolute Gasteiger partial charge is 0.258 e. The third kappa shape index (κ3) is 3.38. The summed E-state index contributed by atoms with van der Waals surface area (Å²) in [6.07, 6.45) is 0. The molecule has 0 radical (unpaired) electrons. The Bertz CT molecular complexity index is 668. The van der Waals surface area contributed by atoms with Gasteiger partial charge in [-0.1, -0.05) is 24.4 Å². The average Bonchev–Trinajstić information content (AvgIpc) is 2.53. The maximum Gasteiger partial charge on any atom is 0.258 e. The standard InChI is InChI=1S/C16H16N2O2S/c1-18(13-5-3-4-12(10-13)15(17)21)16(19)11-6-8-14(20-2)9-7-11/h3-10H,1-2H3,(H2,17,21). The van der Waals surface area contributed by atoms with Gasteiger partial charge in [0, 0.05) is 23.9 Å². The van der Waals surface area contributed by atoms with Gasteiger partial charge < -0.3 is 15.4 Å². The van der Waals surface area contributed by atoms with Crippen LogP contribution in [0.5, 0.6) is 5.75 Å². The summed E-state index contributed by atoms with van der Waals surface area (Å²) in [7, 11) is 3.30. The predicted octanol–water partition coefficient (Wildman–Crippen LogP) is 2.61. The van der Waals surface area contributed by atoms with E-state index < -0.39 is 0 Å². The Morgan fingerprint density at radius 3 is 2.38 bits per heavy atom. The van der Waals surface area contributed by atoms with Crippen molar-refractivity contribution in [2.24, 2.45) is 5.73 Å². The Labute approximate surface area is 129 Å². The van der Waals surface area contributed by atoms with Crippen LogP contribution in [0, 0.1) is 0 Å². The van der Waals surface area contributed by atoms with Gasteiger partial charge in [-0.2, -0.15) is 0 Å². The summed E-state index contributed by atoms with van der Waals surface area (Å²) >= 11 is 4.96. The molecular formula is C16H16N2O2S. The summed E-state index contributed by atoms with van der Waals surface area (Å²) in [5, 5.41) is 0. The van der Waals surface area contributed by atoms with Crippen LogP contribution in [0.2, 0.25) is 0 Å². The van der Waals surface area contributed by atoms with Gasteiger partial charge in [0.05, 0.1) is 7.11 Å². The number of carbonyl (C=O) groups excluding carboxylic acids is 1. The molecule has 0 aliphatic carbocycles. The Hall–Kier alpha value is -2.40. The van der Waals surface area contributed by atoms with Gasteiger partial charge in [-0.15, -0.1) is 0 Å². The molecule has 0 unspecified atom stereocenters. The van der Waals surface area contributed by atoms with E-state index in [1.54, 1.807) is 49.4 Å². The first-order valence-electron chi connectivity index (χ1n) is 6.35. The fourth-order valence-corrected chi connectivity index (χ4v) is 2.04. The number of hydrogen-bond acceptors (Lipinski definition) is 3. The molecule has 21 heavy (non-hydrogen) atoms. The third-order valence-electron chi connectivity index (χ3n) is 3.16. The van der Waals surface area contributed by atoms with Crippen LogP contribution < -0.4 is 15.4 Å². The maximum atomic E-state index is 12.4. The summed E-state index contributed by atoms with van der Waals surface area (Å²) in [5.41, 5.74) is 7.67. The Morgan fingerprint density at radius 2 is 1.81 bits per heavy atom. The molecule has 4 nitrogen and oxygen atoms in total. The van der Waals surface area contributed by atoms with Gasteiger partial charge in [-0.3, -0.25) is 4.79 Å². The molecule has 5 heteroatoms. The lowest BCUT2D eigenvalue weighted by atomic mass is 10.1. The van der Waals surface area contributed by atoms with E-state index in [2.05, 4.69) is 0 Å². The highest BCUT2D eigenvalue weighted by Crippen LogP contribution is 2.19. The highest BCUT2D eigenvalue weighted by Gasteiger charge is 2.14. The quantitative estimate of drug-likeness (QED) is 0.882. The number of nitrogens with two attached hydrogens (primary N) is 1. The first-order chi connectivity index (χ1) is 10.0. The molecule has 0 aliphatic rings. The second kappa shape index (κ2) is 6.37. The highest BCUT2D eigenvalue weighted by molar-refractivity contribution is 7.80. The number of hydrogen-bond donors (Lipinski definition) is 1. The van der Waals surface area contributed by atoms with Crippen LogP contribution in [-0.2, 0) is 0 Å². The van der Waals surface area contributed by atoms with Crippen LogP contribution in [0.25, 0.3) is 0 Å². The molecule has 1 amide bonds. The molecule has 0 aromatic heterocycles. The molecule has 2 aromatic rings. The highest BCUT2D eigenvalue weighted by atomic mass is 32.1. The van der Waals surface area contributed by atoms with E-state index in [1.807, 2.05) is 18.2 Å². The molecule has 0 spiro atoms. The second-order valence-corrected chi connectivity index (χ2v) is 4.95.